The van der Waals surface area contributed by atoms with Crippen LogP contribution in [0.3, 0.4) is 0 Å². The van der Waals surface area contributed by atoms with Gasteiger partial charge in [0.15, 0.2) is 11.2 Å². The molecule has 10 nitrogen and oxygen atoms in total. The van der Waals surface area contributed by atoms with E-state index in [0.717, 1.165) is 11.1 Å². The van der Waals surface area contributed by atoms with Gasteiger partial charge in [-0.25, -0.2) is 10.2 Å². The number of benzene rings is 2. The fourth-order valence-corrected chi connectivity index (χ4v) is 3.36. The van der Waals surface area contributed by atoms with Gasteiger partial charge in [0.05, 0.1) is 12.8 Å². The van der Waals surface area contributed by atoms with Crippen molar-refractivity contribution in [2.24, 2.45) is 12.1 Å². The number of ether oxygens (including phenoxy) is 1. The van der Waals surface area contributed by atoms with E-state index >= 15 is 0 Å². The Hall–Kier alpha value is -4.18. The Morgan fingerprint density at radius 3 is 2.76 bits per heavy atom. The normalized spacial score (nSPS) is 12.3. The number of aryl methyl sites for hydroxylation is 2. The highest BCUT2D eigenvalue weighted by Crippen LogP contribution is 2.17. The Labute approximate surface area is 188 Å². The second-order valence-corrected chi connectivity index (χ2v) is 7.60. The molecule has 0 fully saturated rings. The van der Waals surface area contributed by atoms with Crippen molar-refractivity contribution < 1.29 is 9.84 Å². The summed E-state index contributed by atoms with van der Waals surface area (Å²) in [6.45, 7) is 1.94. The first-order valence-electron chi connectivity index (χ1n) is 10.3. The molecule has 0 aliphatic carbocycles. The minimum absolute atomic E-state index is 0.000477. The maximum atomic E-state index is 12.6. The molecule has 2 heterocycles. The molecule has 0 saturated heterocycles. The van der Waals surface area contributed by atoms with Crippen molar-refractivity contribution >= 4 is 23.3 Å². The SMILES string of the molecule is Cc1cccc(OCC(O)Cn2c(N/N=C/c3ccccc3)nc3c2c(=O)[nH]c(=O)n3C)c1. The number of anilines is 1. The number of hydrazone groups is 1. The van der Waals surface area contributed by atoms with E-state index in [1.165, 1.54) is 16.2 Å². The van der Waals surface area contributed by atoms with Crippen molar-refractivity contribution in [1.29, 1.82) is 0 Å². The van der Waals surface area contributed by atoms with Crippen LogP contribution in [-0.4, -0.2) is 43.1 Å². The molecule has 0 aliphatic rings. The molecule has 2 aromatic carbocycles. The van der Waals surface area contributed by atoms with Gasteiger partial charge in [0.25, 0.3) is 5.56 Å². The van der Waals surface area contributed by atoms with E-state index in [-0.39, 0.29) is 30.3 Å². The summed E-state index contributed by atoms with van der Waals surface area (Å²) >= 11 is 0. The molecular weight excluding hydrogens is 424 g/mol. The van der Waals surface area contributed by atoms with Gasteiger partial charge in [0, 0.05) is 7.05 Å². The zero-order valence-electron chi connectivity index (χ0n) is 18.2. The average molecular weight is 448 g/mol. The van der Waals surface area contributed by atoms with Gasteiger partial charge in [0.2, 0.25) is 5.95 Å². The van der Waals surface area contributed by atoms with Crippen LogP contribution in [0.4, 0.5) is 5.95 Å². The summed E-state index contributed by atoms with van der Waals surface area (Å²) < 4.78 is 8.40. The monoisotopic (exact) mass is 448 g/mol. The summed E-state index contributed by atoms with van der Waals surface area (Å²) in [6.07, 6.45) is 0.641. The van der Waals surface area contributed by atoms with E-state index in [1.807, 2.05) is 55.5 Å². The first-order valence-corrected chi connectivity index (χ1v) is 10.3. The highest BCUT2D eigenvalue weighted by molar-refractivity contribution is 5.80. The fraction of sp³-hybridized carbons (Fsp3) is 0.217. The first-order chi connectivity index (χ1) is 15.9. The molecule has 4 aromatic rings. The third kappa shape index (κ3) is 5.01. The second kappa shape index (κ2) is 9.53. The van der Waals surface area contributed by atoms with Gasteiger partial charge in [-0.05, 0) is 30.2 Å². The van der Waals surface area contributed by atoms with Crippen molar-refractivity contribution in [3.05, 3.63) is 86.6 Å². The maximum Gasteiger partial charge on any atom is 0.329 e. The molecule has 0 spiro atoms. The van der Waals surface area contributed by atoms with Gasteiger partial charge in [-0.2, -0.15) is 10.1 Å². The number of H-pyrrole nitrogens is 1. The van der Waals surface area contributed by atoms with Crippen molar-refractivity contribution in [2.45, 2.75) is 19.6 Å². The number of aromatic amines is 1. The summed E-state index contributed by atoms with van der Waals surface area (Å²) in [5.41, 5.74) is 3.85. The lowest BCUT2D eigenvalue weighted by Crippen LogP contribution is -2.30. The van der Waals surface area contributed by atoms with Crippen LogP contribution in [0.2, 0.25) is 0 Å². The quantitative estimate of drug-likeness (QED) is 0.278. The molecule has 0 saturated carbocycles. The predicted octanol–water partition coefficient (Wildman–Crippen LogP) is 1.62. The number of nitrogens with one attached hydrogen (secondary N) is 2. The second-order valence-electron chi connectivity index (χ2n) is 7.60. The van der Waals surface area contributed by atoms with E-state index in [9.17, 15) is 14.7 Å². The number of hydrogen-bond donors (Lipinski definition) is 3. The molecule has 170 valence electrons. The number of nitrogens with zero attached hydrogens (tertiary/aromatic N) is 4. The van der Waals surface area contributed by atoms with E-state index in [1.54, 1.807) is 12.3 Å². The van der Waals surface area contributed by atoms with Crippen LogP contribution >= 0.6 is 0 Å². The van der Waals surface area contributed by atoms with Crippen LogP contribution in [0.25, 0.3) is 11.2 Å². The Balaban J connectivity index is 1.62. The molecule has 0 bridgehead atoms. The summed E-state index contributed by atoms with van der Waals surface area (Å²) in [4.78, 5) is 31.2. The van der Waals surface area contributed by atoms with Gasteiger partial charge in [-0.3, -0.25) is 14.3 Å². The smallest absolute Gasteiger partial charge is 0.329 e. The first kappa shape index (κ1) is 22.0. The largest absolute Gasteiger partial charge is 0.491 e. The standard InChI is InChI=1S/C23H24N6O4/c1-15-7-6-10-18(11-15)33-14-17(30)13-29-19-20(28(2)23(32)26-21(19)31)25-22(29)27-24-12-16-8-4-3-5-9-16/h3-12,17,30H,13-14H2,1-2H3,(H,25,27)(H,26,31,32)/b24-12+. The Morgan fingerprint density at radius 2 is 2.00 bits per heavy atom. The minimum Gasteiger partial charge on any atom is -0.491 e. The average Bonchev–Trinajstić information content (AvgIpc) is 3.15. The third-order valence-corrected chi connectivity index (χ3v) is 5.01. The summed E-state index contributed by atoms with van der Waals surface area (Å²) in [7, 11) is 1.51. The van der Waals surface area contributed by atoms with E-state index < -0.39 is 17.4 Å². The van der Waals surface area contributed by atoms with E-state index in [0.29, 0.717) is 5.75 Å². The molecule has 0 aliphatic heterocycles. The number of rotatable bonds is 8. The molecule has 10 heteroatoms. The van der Waals surface area contributed by atoms with Crippen molar-refractivity contribution in [1.82, 2.24) is 19.1 Å². The van der Waals surface area contributed by atoms with Gasteiger partial charge in [-0.1, -0.05) is 42.5 Å². The molecule has 3 N–H and O–H groups in total. The van der Waals surface area contributed by atoms with Gasteiger partial charge in [-0.15, -0.1) is 0 Å². The maximum absolute atomic E-state index is 12.6. The summed E-state index contributed by atoms with van der Waals surface area (Å²) in [6, 6.07) is 16.9. The number of fused-ring (bicyclic) bond motifs is 1. The van der Waals surface area contributed by atoms with Crippen molar-refractivity contribution in [3.8, 4) is 5.75 Å². The van der Waals surface area contributed by atoms with Gasteiger partial charge in [0.1, 0.15) is 18.5 Å². The third-order valence-electron chi connectivity index (χ3n) is 5.01. The van der Waals surface area contributed by atoms with Crippen molar-refractivity contribution in [3.63, 3.8) is 0 Å². The van der Waals surface area contributed by atoms with Crippen LogP contribution in [-0.2, 0) is 13.6 Å². The van der Waals surface area contributed by atoms with Crippen molar-refractivity contribution in [2.75, 3.05) is 12.0 Å². The van der Waals surface area contributed by atoms with Gasteiger partial charge >= 0.3 is 5.69 Å². The molecule has 0 amide bonds. The summed E-state index contributed by atoms with van der Waals surface area (Å²) in [5.74, 6) is 0.842. The number of imidazole rings is 1. The Morgan fingerprint density at radius 1 is 1.21 bits per heavy atom. The molecule has 1 atom stereocenters. The lowest BCUT2D eigenvalue weighted by atomic mass is 10.2. The van der Waals surface area contributed by atoms with Crippen LogP contribution in [0.15, 0.2) is 69.3 Å². The van der Waals surface area contributed by atoms with Crippen LogP contribution < -0.4 is 21.4 Å². The zero-order chi connectivity index (χ0) is 23.4. The van der Waals surface area contributed by atoms with Crippen LogP contribution in [0.5, 0.6) is 5.75 Å². The van der Waals surface area contributed by atoms with E-state index in [4.69, 9.17) is 4.74 Å². The summed E-state index contributed by atoms with van der Waals surface area (Å²) in [5, 5.41) is 14.8. The highest BCUT2D eigenvalue weighted by atomic mass is 16.5. The predicted molar refractivity (Wildman–Crippen MR) is 126 cm³/mol. The topological polar surface area (TPSA) is 127 Å². The Kier molecular flexibility index (Phi) is 6.36. The fourth-order valence-electron chi connectivity index (χ4n) is 3.36. The highest BCUT2D eigenvalue weighted by Gasteiger charge is 2.20. The minimum atomic E-state index is -0.960. The lowest BCUT2D eigenvalue weighted by Gasteiger charge is -2.15. The van der Waals surface area contributed by atoms with Crippen LogP contribution in [0, 0.1) is 6.92 Å². The molecule has 0 radical (unpaired) electrons. The van der Waals surface area contributed by atoms with E-state index in [2.05, 4.69) is 20.5 Å². The molecule has 1 unspecified atom stereocenters. The molecule has 33 heavy (non-hydrogen) atoms. The number of aliphatic hydroxyl groups excluding tert-OH is 1. The molecular formula is C23H24N6O4. The zero-order valence-corrected chi connectivity index (χ0v) is 18.2. The Bertz CT molecular complexity index is 1400. The molecule has 4 rings (SSSR count). The number of aliphatic hydroxyl groups is 1. The van der Waals surface area contributed by atoms with Gasteiger partial charge < -0.3 is 14.4 Å². The molecule has 2 aromatic heterocycles. The van der Waals surface area contributed by atoms with Crippen LogP contribution in [0.1, 0.15) is 11.1 Å². The number of aromatic nitrogens is 4. The lowest BCUT2D eigenvalue weighted by molar-refractivity contribution is 0.0938. The number of hydrogen-bond acceptors (Lipinski definition) is 7.